The second-order valence-electron chi connectivity index (χ2n) is 9.82. The van der Waals surface area contributed by atoms with E-state index >= 15 is 0 Å². The Morgan fingerprint density at radius 2 is 1.97 bits per heavy atom. The number of nitrogens with zero attached hydrogens (tertiary/aromatic N) is 4. The van der Waals surface area contributed by atoms with Crippen LogP contribution in [0.1, 0.15) is 67.7 Å². The van der Waals surface area contributed by atoms with E-state index in [1.54, 1.807) is 18.5 Å². The van der Waals surface area contributed by atoms with Crippen LogP contribution in [0.15, 0.2) is 24.5 Å². The lowest BCUT2D eigenvalue weighted by Gasteiger charge is -2.40. The molecule has 31 heavy (non-hydrogen) atoms. The Morgan fingerprint density at radius 3 is 2.58 bits per heavy atom. The van der Waals surface area contributed by atoms with Gasteiger partial charge in [0.1, 0.15) is 11.9 Å². The quantitative estimate of drug-likeness (QED) is 0.781. The molecule has 2 aliphatic heterocycles. The molecular formula is C23H31F2N5O. The number of alkyl halides is 2. The van der Waals surface area contributed by atoms with E-state index in [9.17, 15) is 13.6 Å². The summed E-state index contributed by atoms with van der Waals surface area (Å²) in [5.74, 6) is 0.941. The molecule has 0 unspecified atom stereocenters. The van der Waals surface area contributed by atoms with Crippen molar-refractivity contribution < 1.29 is 13.6 Å². The fourth-order valence-electron chi connectivity index (χ4n) is 4.64. The number of aromatic nitrogens is 3. The van der Waals surface area contributed by atoms with Crippen molar-refractivity contribution in [3.8, 4) is 0 Å². The Balaban J connectivity index is 1.46. The molecule has 4 heterocycles. The lowest BCUT2D eigenvalue weighted by atomic mass is 9.84. The number of halogens is 2. The van der Waals surface area contributed by atoms with E-state index in [0.29, 0.717) is 30.9 Å². The Kier molecular flexibility index (Phi) is 5.75. The van der Waals surface area contributed by atoms with Crippen LogP contribution in [0.25, 0.3) is 0 Å². The number of carbonyl (C=O) groups is 1. The number of amides is 1. The van der Waals surface area contributed by atoms with Crippen LogP contribution in [0, 0.1) is 12.8 Å². The standard InChI is InChI=1S/C23H31F2N5O/c1-14-13-26-8-5-16(14)22(31)29-9-6-15(7-10-29)17-11-18(21(24)25)30-20(27-17)12-19(28-30)23(2,3)4/h5,8,12-13,15,17-18,21,27H,6-7,9-11H2,1-4H3/t17-,18+/m0/s1. The van der Waals surface area contributed by atoms with Crippen LogP contribution in [0.3, 0.4) is 0 Å². The fraction of sp³-hybridized carbons (Fsp3) is 0.609. The van der Waals surface area contributed by atoms with Crippen molar-refractivity contribution in [2.75, 3.05) is 18.4 Å². The van der Waals surface area contributed by atoms with Gasteiger partial charge in [-0.1, -0.05) is 20.8 Å². The number of hydrogen-bond acceptors (Lipinski definition) is 4. The predicted octanol–water partition coefficient (Wildman–Crippen LogP) is 4.43. The SMILES string of the molecule is Cc1cnccc1C(=O)N1CCC([C@@H]2C[C@H](C(F)F)n3nc(C(C)(C)C)cc3N2)CC1. The average molecular weight is 432 g/mol. The number of piperidine rings is 1. The molecule has 1 saturated heterocycles. The smallest absolute Gasteiger partial charge is 0.260 e. The molecule has 4 rings (SSSR count). The Labute approximate surface area is 182 Å². The van der Waals surface area contributed by atoms with Crippen molar-refractivity contribution in [2.45, 2.75) is 70.9 Å². The molecule has 0 bridgehead atoms. The van der Waals surface area contributed by atoms with Gasteiger partial charge in [0.15, 0.2) is 0 Å². The molecule has 2 aromatic rings. The summed E-state index contributed by atoms with van der Waals surface area (Å²) < 4.78 is 29.3. The van der Waals surface area contributed by atoms with E-state index in [2.05, 4.69) is 15.4 Å². The number of anilines is 1. The van der Waals surface area contributed by atoms with Gasteiger partial charge >= 0.3 is 0 Å². The molecule has 0 spiro atoms. The highest BCUT2D eigenvalue weighted by molar-refractivity contribution is 5.95. The van der Waals surface area contributed by atoms with Crippen LogP contribution in [0.5, 0.6) is 0 Å². The van der Waals surface area contributed by atoms with Gasteiger partial charge in [-0.15, -0.1) is 0 Å². The van der Waals surface area contributed by atoms with Crippen molar-refractivity contribution in [1.82, 2.24) is 19.7 Å². The fourth-order valence-corrected chi connectivity index (χ4v) is 4.64. The van der Waals surface area contributed by atoms with Gasteiger partial charge in [0.25, 0.3) is 12.3 Å². The summed E-state index contributed by atoms with van der Waals surface area (Å²) in [6, 6.07) is 2.70. The van der Waals surface area contributed by atoms with E-state index in [0.717, 1.165) is 24.1 Å². The van der Waals surface area contributed by atoms with E-state index in [1.165, 1.54) is 4.68 Å². The summed E-state index contributed by atoms with van der Waals surface area (Å²) in [6.45, 7) is 9.26. The second kappa shape index (κ2) is 8.20. The summed E-state index contributed by atoms with van der Waals surface area (Å²) in [6.07, 6.45) is 2.81. The van der Waals surface area contributed by atoms with Crippen LogP contribution in [0.4, 0.5) is 14.6 Å². The van der Waals surface area contributed by atoms with Crippen molar-refractivity contribution in [3.63, 3.8) is 0 Å². The topological polar surface area (TPSA) is 63.1 Å². The first-order valence-electron chi connectivity index (χ1n) is 11.0. The molecule has 0 saturated carbocycles. The van der Waals surface area contributed by atoms with Gasteiger partial charge in [0.2, 0.25) is 0 Å². The van der Waals surface area contributed by atoms with Gasteiger partial charge in [-0.3, -0.25) is 9.78 Å². The highest BCUT2D eigenvalue weighted by Gasteiger charge is 2.39. The van der Waals surface area contributed by atoms with Crippen molar-refractivity contribution in [1.29, 1.82) is 0 Å². The van der Waals surface area contributed by atoms with Crippen LogP contribution in [-0.2, 0) is 5.41 Å². The third kappa shape index (κ3) is 4.29. The lowest BCUT2D eigenvalue weighted by molar-refractivity contribution is 0.0536. The highest BCUT2D eigenvalue weighted by atomic mass is 19.3. The zero-order valence-electron chi connectivity index (χ0n) is 18.6. The average Bonchev–Trinajstić information content (AvgIpc) is 3.18. The number of rotatable bonds is 3. The van der Waals surface area contributed by atoms with Crippen LogP contribution in [0.2, 0.25) is 0 Å². The van der Waals surface area contributed by atoms with Gasteiger partial charge in [-0.05, 0) is 43.7 Å². The molecule has 2 atom stereocenters. The number of hydrogen-bond donors (Lipinski definition) is 1. The molecular weight excluding hydrogens is 400 g/mol. The Morgan fingerprint density at radius 1 is 1.26 bits per heavy atom. The number of likely N-dealkylation sites (tertiary alicyclic amines) is 1. The first kappa shape index (κ1) is 21.7. The summed E-state index contributed by atoms with van der Waals surface area (Å²) >= 11 is 0. The zero-order valence-corrected chi connectivity index (χ0v) is 18.6. The summed E-state index contributed by atoms with van der Waals surface area (Å²) in [5.41, 5.74) is 2.16. The van der Waals surface area contributed by atoms with Crippen molar-refractivity contribution >= 4 is 11.7 Å². The minimum Gasteiger partial charge on any atom is -0.367 e. The molecule has 0 radical (unpaired) electrons. The molecule has 168 valence electrons. The predicted molar refractivity (Wildman–Crippen MR) is 116 cm³/mol. The lowest BCUT2D eigenvalue weighted by Crippen LogP contribution is -2.46. The molecule has 0 aromatic carbocycles. The monoisotopic (exact) mass is 431 g/mol. The van der Waals surface area contributed by atoms with Gasteiger partial charge < -0.3 is 10.2 Å². The maximum atomic E-state index is 13.9. The minimum absolute atomic E-state index is 0.0216. The maximum Gasteiger partial charge on any atom is 0.260 e. The second-order valence-corrected chi connectivity index (χ2v) is 9.82. The largest absolute Gasteiger partial charge is 0.367 e. The molecule has 2 aliphatic rings. The number of carbonyl (C=O) groups excluding carboxylic acids is 1. The van der Waals surface area contributed by atoms with Crippen LogP contribution < -0.4 is 5.32 Å². The van der Waals surface area contributed by atoms with Crippen LogP contribution >= 0.6 is 0 Å². The molecule has 2 aromatic heterocycles. The maximum absolute atomic E-state index is 13.9. The van der Waals surface area contributed by atoms with E-state index in [1.807, 2.05) is 38.7 Å². The first-order chi connectivity index (χ1) is 14.6. The molecule has 6 nitrogen and oxygen atoms in total. The Bertz CT molecular complexity index is 944. The summed E-state index contributed by atoms with van der Waals surface area (Å²) in [5, 5.41) is 7.98. The van der Waals surface area contributed by atoms with E-state index in [-0.39, 0.29) is 23.3 Å². The third-order valence-electron chi connectivity index (χ3n) is 6.58. The molecule has 8 heteroatoms. The Hall–Kier alpha value is -2.51. The van der Waals surface area contributed by atoms with Gasteiger partial charge in [0.05, 0.1) is 5.69 Å². The summed E-state index contributed by atoms with van der Waals surface area (Å²) in [4.78, 5) is 18.8. The number of aryl methyl sites for hydroxylation is 1. The zero-order chi connectivity index (χ0) is 22.3. The van der Waals surface area contributed by atoms with Gasteiger partial charge in [0, 0.05) is 48.6 Å². The van der Waals surface area contributed by atoms with E-state index in [4.69, 9.17) is 0 Å². The number of pyridine rings is 1. The van der Waals surface area contributed by atoms with Crippen LogP contribution in [-0.4, -0.2) is 51.1 Å². The van der Waals surface area contributed by atoms with Crippen molar-refractivity contribution in [3.05, 3.63) is 41.3 Å². The molecule has 1 N–H and O–H groups in total. The number of nitrogens with one attached hydrogen (secondary N) is 1. The third-order valence-corrected chi connectivity index (χ3v) is 6.58. The normalized spacial score (nSPS) is 22.4. The summed E-state index contributed by atoms with van der Waals surface area (Å²) in [7, 11) is 0. The van der Waals surface area contributed by atoms with E-state index < -0.39 is 12.5 Å². The molecule has 1 fully saturated rings. The highest BCUT2D eigenvalue weighted by Crippen LogP contribution is 2.38. The molecule has 1 amide bonds. The minimum atomic E-state index is -2.47. The van der Waals surface area contributed by atoms with Gasteiger partial charge in [-0.25, -0.2) is 13.5 Å². The molecule has 0 aliphatic carbocycles. The number of fused-ring (bicyclic) bond motifs is 1. The van der Waals surface area contributed by atoms with Gasteiger partial charge in [-0.2, -0.15) is 5.10 Å². The first-order valence-corrected chi connectivity index (χ1v) is 11.0. The van der Waals surface area contributed by atoms with Crippen molar-refractivity contribution in [2.24, 2.45) is 5.92 Å².